The fourth-order valence-electron chi connectivity index (χ4n) is 4.84. The molecule has 4 atom stereocenters. The van der Waals surface area contributed by atoms with Gasteiger partial charge in [-0.1, -0.05) is 18.5 Å². The highest BCUT2D eigenvalue weighted by molar-refractivity contribution is 9.10. The summed E-state index contributed by atoms with van der Waals surface area (Å²) in [7, 11) is 0. The number of hydrogen-bond acceptors (Lipinski definition) is 6. The number of ketones is 1. The van der Waals surface area contributed by atoms with Crippen molar-refractivity contribution in [1.82, 2.24) is 0 Å². The largest absolute Gasteiger partial charge is 0.490 e. The molecule has 0 saturated heterocycles. The zero-order valence-corrected chi connectivity index (χ0v) is 22.1. The van der Waals surface area contributed by atoms with Gasteiger partial charge in [0, 0.05) is 40.4 Å². The van der Waals surface area contributed by atoms with Crippen molar-refractivity contribution in [3.63, 3.8) is 0 Å². The van der Waals surface area contributed by atoms with Crippen LogP contribution in [-0.2, 0) is 4.79 Å². The van der Waals surface area contributed by atoms with Crippen molar-refractivity contribution in [3.05, 3.63) is 56.2 Å². The maximum absolute atomic E-state index is 13.4. The Kier molecular flexibility index (Phi) is 9.13. The summed E-state index contributed by atoms with van der Waals surface area (Å²) >= 11 is 3.61. The predicted octanol–water partition coefficient (Wildman–Crippen LogP) is 7.17. The molecule has 0 amide bonds. The van der Waals surface area contributed by atoms with Crippen molar-refractivity contribution in [2.24, 2.45) is 21.9 Å². The van der Waals surface area contributed by atoms with Crippen molar-refractivity contribution in [2.75, 3.05) is 6.61 Å². The summed E-state index contributed by atoms with van der Waals surface area (Å²) in [5.41, 5.74) is 11.5. The van der Waals surface area contributed by atoms with Crippen LogP contribution in [0.4, 0.5) is 0 Å². The number of nitrogens with zero attached hydrogens (tertiary/aromatic N) is 5. The maximum atomic E-state index is 13.4. The summed E-state index contributed by atoms with van der Waals surface area (Å²) in [6.45, 7) is 8.10. The Morgan fingerprint density at radius 2 is 2.17 bits per heavy atom. The van der Waals surface area contributed by atoms with E-state index in [1.165, 1.54) is 6.20 Å². The SMILES string of the molecule is CCCC1CC(=O)C2=C(C1)N=C(C)C(C#N)C2c1cc(Br)c(OC(C)C=CN=[N+]=[N-])c(OCC)c1. The molecular weight excluding hydrogens is 510 g/mol. The summed E-state index contributed by atoms with van der Waals surface area (Å²) in [5.74, 6) is 0.414. The average molecular weight is 540 g/mol. The van der Waals surface area contributed by atoms with Gasteiger partial charge in [-0.2, -0.15) is 5.26 Å². The third-order valence-corrected chi connectivity index (χ3v) is 6.87. The highest BCUT2D eigenvalue weighted by Crippen LogP contribution is 2.48. The number of ether oxygens (including phenoxy) is 2. The Hall–Kier alpha value is -3.08. The molecule has 8 nitrogen and oxygen atoms in total. The van der Waals surface area contributed by atoms with E-state index >= 15 is 0 Å². The predicted molar refractivity (Wildman–Crippen MR) is 138 cm³/mol. The number of rotatable bonds is 9. The van der Waals surface area contributed by atoms with Crippen molar-refractivity contribution in [3.8, 4) is 17.6 Å². The number of benzene rings is 1. The van der Waals surface area contributed by atoms with Crippen molar-refractivity contribution < 1.29 is 14.3 Å². The number of nitriles is 1. The fraction of sp³-hybridized carbons (Fsp3) is 0.500. The van der Waals surface area contributed by atoms with E-state index in [0.717, 1.165) is 36.2 Å². The molecule has 184 valence electrons. The van der Waals surface area contributed by atoms with Crippen LogP contribution >= 0.6 is 15.9 Å². The van der Waals surface area contributed by atoms with Gasteiger partial charge in [0.1, 0.15) is 6.10 Å². The molecule has 3 rings (SSSR count). The van der Waals surface area contributed by atoms with Gasteiger partial charge in [0.15, 0.2) is 17.3 Å². The van der Waals surface area contributed by atoms with Gasteiger partial charge in [-0.05, 0) is 84.8 Å². The lowest BCUT2D eigenvalue weighted by molar-refractivity contribution is -0.117. The Morgan fingerprint density at radius 1 is 1.40 bits per heavy atom. The zero-order chi connectivity index (χ0) is 25.5. The van der Waals surface area contributed by atoms with E-state index in [1.807, 2.05) is 32.9 Å². The number of carbonyl (C=O) groups excluding carboxylic acids is 1. The van der Waals surface area contributed by atoms with Crippen LogP contribution in [0.25, 0.3) is 10.4 Å². The molecule has 1 aromatic rings. The minimum absolute atomic E-state index is 0.0809. The minimum Gasteiger partial charge on any atom is -0.490 e. The molecule has 1 aliphatic carbocycles. The zero-order valence-electron chi connectivity index (χ0n) is 20.5. The fourth-order valence-corrected chi connectivity index (χ4v) is 5.39. The second-order valence-electron chi connectivity index (χ2n) is 8.82. The molecule has 2 aliphatic rings. The molecular formula is C26H30BrN5O3. The van der Waals surface area contributed by atoms with E-state index in [2.05, 4.69) is 38.9 Å². The average Bonchev–Trinajstić information content (AvgIpc) is 2.80. The van der Waals surface area contributed by atoms with E-state index in [1.54, 1.807) is 6.08 Å². The molecule has 1 heterocycles. The Labute approximate surface area is 214 Å². The number of halogens is 1. The lowest BCUT2D eigenvalue weighted by Crippen LogP contribution is -2.32. The molecule has 0 radical (unpaired) electrons. The van der Waals surface area contributed by atoms with Gasteiger partial charge >= 0.3 is 0 Å². The van der Waals surface area contributed by atoms with Crippen molar-refractivity contribution in [2.45, 2.75) is 65.4 Å². The Bertz CT molecular complexity index is 1160. The molecule has 0 spiro atoms. The van der Waals surface area contributed by atoms with Gasteiger partial charge in [0.25, 0.3) is 0 Å². The topological polar surface area (TPSA) is 120 Å². The van der Waals surface area contributed by atoms with Crippen LogP contribution in [0.15, 0.2) is 50.3 Å². The lowest BCUT2D eigenvalue weighted by Gasteiger charge is -2.35. The smallest absolute Gasteiger partial charge is 0.176 e. The number of allylic oxidation sites excluding steroid dienone is 2. The van der Waals surface area contributed by atoms with Crippen LogP contribution in [0, 0.1) is 23.2 Å². The van der Waals surface area contributed by atoms with Crippen LogP contribution in [0.1, 0.15) is 64.9 Å². The quantitative estimate of drug-likeness (QED) is 0.187. The standard InChI is InChI=1S/C26H30BrN5O3/c1-5-7-17-10-21-25(22(33)11-17)24(19(14-28)16(4)31-21)18-12-20(27)26(23(13-18)34-6-2)35-15(3)8-9-30-32-29/h8-9,12-13,15,17,19,24H,5-7,10-11H2,1-4H3. The molecule has 1 aromatic carbocycles. The third kappa shape index (κ3) is 5.95. The maximum Gasteiger partial charge on any atom is 0.176 e. The summed E-state index contributed by atoms with van der Waals surface area (Å²) in [6.07, 6.45) is 5.85. The van der Waals surface area contributed by atoms with Gasteiger partial charge in [-0.25, -0.2) is 0 Å². The van der Waals surface area contributed by atoms with Gasteiger partial charge < -0.3 is 9.47 Å². The van der Waals surface area contributed by atoms with Gasteiger partial charge in [0.2, 0.25) is 0 Å². The van der Waals surface area contributed by atoms with Crippen molar-refractivity contribution >= 4 is 27.4 Å². The number of aliphatic imine (C=N–C) groups is 1. The first-order valence-electron chi connectivity index (χ1n) is 11.9. The summed E-state index contributed by atoms with van der Waals surface area (Å²) < 4.78 is 12.6. The van der Waals surface area contributed by atoms with E-state index in [4.69, 9.17) is 20.0 Å². The Morgan fingerprint density at radius 3 is 2.83 bits per heavy atom. The van der Waals surface area contributed by atoms with Crippen LogP contribution in [0.3, 0.4) is 0 Å². The molecule has 0 saturated carbocycles. The molecule has 9 heteroatoms. The highest BCUT2D eigenvalue weighted by Gasteiger charge is 2.41. The van der Waals surface area contributed by atoms with E-state index in [-0.39, 0.29) is 11.9 Å². The number of azide groups is 1. The molecule has 0 bridgehead atoms. The molecule has 0 N–H and O–H groups in total. The van der Waals surface area contributed by atoms with E-state index in [9.17, 15) is 10.1 Å². The first-order valence-corrected chi connectivity index (χ1v) is 12.7. The van der Waals surface area contributed by atoms with E-state index in [0.29, 0.717) is 40.5 Å². The first kappa shape index (κ1) is 26.5. The van der Waals surface area contributed by atoms with Crippen molar-refractivity contribution in [1.29, 1.82) is 5.26 Å². The monoisotopic (exact) mass is 539 g/mol. The highest BCUT2D eigenvalue weighted by atomic mass is 79.9. The lowest BCUT2D eigenvalue weighted by atomic mass is 9.70. The number of hydrogen-bond donors (Lipinski definition) is 0. The number of carbonyl (C=O) groups is 1. The third-order valence-electron chi connectivity index (χ3n) is 6.28. The van der Waals surface area contributed by atoms with Crippen LogP contribution in [0.5, 0.6) is 11.5 Å². The number of Topliss-reactive ketones (excluding diaryl/α,β-unsaturated/α-hetero) is 1. The summed E-state index contributed by atoms with van der Waals surface area (Å²) in [5, 5.41) is 13.4. The minimum atomic E-state index is -0.542. The summed E-state index contributed by atoms with van der Waals surface area (Å²) in [4.78, 5) is 20.8. The van der Waals surface area contributed by atoms with E-state index < -0.39 is 11.8 Å². The molecule has 0 fully saturated rings. The molecule has 1 aliphatic heterocycles. The molecule has 0 aromatic heterocycles. The second-order valence-corrected chi connectivity index (χ2v) is 9.67. The van der Waals surface area contributed by atoms with Gasteiger partial charge in [-0.15, -0.1) is 0 Å². The van der Waals surface area contributed by atoms with Crippen LogP contribution < -0.4 is 9.47 Å². The second kappa shape index (κ2) is 12.1. The first-order chi connectivity index (χ1) is 16.8. The van der Waals surface area contributed by atoms with Crippen LogP contribution in [0.2, 0.25) is 0 Å². The Balaban J connectivity index is 2.08. The van der Waals surface area contributed by atoms with Crippen LogP contribution in [-0.4, -0.2) is 24.2 Å². The van der Waals surface area contributed by atoms with Gasteiger partial charge in [-0.3, -0.25) is 9.79 Å². The normalized spacial score (nSPS) is 22.7. The molecule has 35 heavy (non-hydrogen) atoms. The van der Waals surface area contributed by atoms with Gasteiger partial charge in [0.05, 0.1) is 23.1 Å². The molecule has 4 unspecified atom stereocenters. The summed E-state index contributed by atoms with van der Waals surface area (Å²) in [6, 6.07) is 6.14.